The Morgan fingerprint density at radius 3 is 2.79 bits per heavy atom. The predicted molar refractivity (Wildman–Crippen MR) is 118 cm³/mol. The molecule has 1 unspecified atom stereocenters. The summed E-state index contributed by atoms with van der Waals surface area (Å²) in [6.45, 7) is 4.36. The van der Waals surface area contributed by atoms with E-state index in [0.29, 0.717) is 13.0 Å². The number of carbonyl (C=O) groups excluding carboxylic acids is 1. The van der Waals surface area contributed by atoms with Gasteiger partial charge in [0.15, 0.2) is 0 Å². The van der Waals surface area contributed by atoms with E-state index in [4.69, 9.17) is 4.98 Å². The van der Waals surface area contributed by atoms with E-state index >= 15 is 0 Å². The summed E-state index contributed by atoms with van der Waals surface area (Å²) in [4.78, 5) is 24.1. The number of amides is 1. The van der Waals surface area contributed by atoms with E-state index in [1.54, 1.807) is 17.5 Å². The molecule has 6 nitrogen and oxygen atoms in total. The molecule has 3 aromatic rings. The van der Waals surface area contributed by atoms with Gasteiger partial charge in [-0.05, 0) is 12.0 Å². The number of hydrogen-bond donors (Lipinski definition) is 1. The summed E-state index contributed by atoms with van der Waals surface area (Å²) in [7, 11) is 1.97. The van der Waals surface area contributed by atoms with Crippen molar-refractivity contribution in [2.45, 2.75) is 25.8 Å². The van der Waals surface area contributed by atoms with E-state index in [9.17, 15) is 4.79 Å². The summed E-state index contributed by atoms with van der Waals surface area (Å²) >= 11 is 1.60. The van der Waals surface area contributed by atoms with Crippen LogP contribution >= 0.6 is 23.7 Å². The number of rotatable bonds is 5. The van der Waals surface area contributed by atoms with Crippen molar-refractivity contribution in [1.82, 2.24) is 24.8 Å². The summed E-state index contributed by atoms with van der Waals surface area (Å²) in [5.41, 5.74) is 3.25. The molecule has 8 heteroatoms. The third-order valence-electron chi connectivity index (χ3n) is 5.21. The van der Waals surface area contributed by atoms with Crippen molar-refractivity contribution in [2.24, 2.45) is 7.05 Å². The van der Waals surface area contributed by atoms with Gasteiger partial charge in [-0.3, -0.25) is 4.79 Å². The fourth-order valence-corrected chi connectivity index (χ4v) is 4.42. The maximum Gasteiger partial charge on any atom is 0.229 e. The zero-order chi connectivity index (χ0) is 19.5. The van der Waals surface area contributed by atoms with E-state index in [2.05, 4.69) is 41.5 Å². The van der Waals surface area contributed by atoms with Gasteiger partial charge >= 0.3 is 0 Å². The Hall–Kier alpha value is -2.22. The van der Waals surface area contributed by atoms with Gasteiger partial charge in [0, 0.05) is 50.0 Å². The number of hydrogen-bond acceptors (Lipinski definition) is 5. The zero-order valence-corrected chi connectivity index (χ0v) is 18.3. The van der Waals surface area contributed by atoms with Gasteiger partial charge in [-0.1, -0.05) is 31.2 Å². The lowest BCUT2D eigenvalue weighted by atomic mass is 10.1. The third kappa shape index (κ3) is 4.69. The van der Waals surface area contributed by atoms with Crippen molar-refractivity contribution in [3.05, 3.63) is 59.1 Å². The van der Waals surface area contributed by atoms with Crippen molar-refractivity contribution < 1.29 is 4.79 Å². The molecule has 1 aromatic carbocycles. The molecule has 154 valence electrons. The van der Waals surface area contributed by atoms with Crippen molar-refractivity contribution in [3.8, 4) is 10.6 Å². The molecule has 1 aliphatic rings. The minimum atomic E-state index is -0.0408. The lowest BCUT2D eigenvalue weighted by Crippen LogP contribution is -2.49. The van der Waals surface area contributed by atoms with Crippen LogP contribution in [0.2, 0.25) is 0 Å². The Bertz CT molecular complexity index is 952. The highest BCUT2D eigenvalue weighted by Gasteiger charge is 2.30. The summed E-state index contributed by atoms with van der Waals surface area (Å²) in [6, 6.07) is 8.45. The molecular formula is C21H26ClN5OS. The molecule has 1 N–H and O–H groups in total. The van der Waals surface area contributed by atoms with Crippen LogP contribution in [-0.2, 0) is 24.7 Å². The highest BCUT2D eigenvalue weighted by molar-refractivity contribution is 7.13. The van der Waals surface area contributed by atoms with Gasteiger partial charge in [-0.2, -0.15) is 0 Å². The fourth-order valence-electron chi connectivity index (χ4n) is 3.59. The molecule has 1 amide bonds. The summed E-state index contributed by atoms with van der Waals surface area (Å²) in [6.07, 6.45) is 5.05. The second-order valence-corrected chi connectivity index (χ2v) is 7.93. The summed E-state index contributed by atoms with van der Waals surface area (Å²) < 4.78 is 1.98. The highest BCUT2D eigenvalue weighted by Crippen LogP contribution is 2.26. The van der Waals surface area contributed by atoms with E-state index in [0.717, 1.165) is 41.6 Å². The molecule has 0 bridgehead atoms. The van der Waals surface area contributed by atoms with Crippen LogP contribution in [0.25, 0.3) is 10.6 Å². The normalized spacial score (nSPS) is 16.5. The average molecular weight is 432 g/mol. The molecule has 0 saturated carbocycles. The minimum Gasteiger partial charge on any atom is -0.336 e. The van der Waals surface area contributed by atoms with Gasteiger partial charge in [0.25, 0.3) is 0 Å². The quantitative estimate of drug-likeness (QED) is 0.673. The monoisotopic (exact) mass is 431 g/mol. The van der Waals surface area contributed by atoms with Gasteiger partial charge in [-0.25, -0.2) is 9.97 Å². The second-order valence-electron chi connectivity index (χ2n) is 7.07. The molecule has 1 atom stereocenters. The number of aromatic nitrogens is 3. The van der Waals surface area contributed by atoms with Gasteiger partial charge in [0.2, 0.25) is 5.91 Å². The number of benzene rings is 1. The topological polar surface area (TPSA) is 63.1 Å². The van der Waals surface area contributed by atoms with Crippen LogP contribution in [0.15, 0.2) is 42.0 Å². The second kappa shape index (κ2) is 9.52. The molecule has 1 saturated heterocycles. The lowest BCUT2D eigenvalue weighted by molar-refractivity contribution is -0.134. The zero-order valence-electron chi connectivity index (χ0n) is 16.7. The van der Waals surface area contributed by atoms with Crippen LogP contribution in [-0.4, -0.2) is 45.0 Å². The van der Waals surface area contributed by atoms with Gasteiger partial charge in [0.05, 0.1) is 12.1 Å². The first kappa shape index (κ1) is 21.5. The van der Waals surface area contributed by atoms with Crippen molar-refractivity contribution in [1.29, 1.82) is 0 Å². The Balaban J connectivity index is 0.00000240. The SMILES string of the molecule is CCc1ccc(-c2nc(CC(=O)N3CCNCC3c3nccn3C)cs2)cc1.Cl. The molecule has 4 rings (SSSR count). The Morgan fingerprint density at radius 1 is 1.31 bits per heavy atom. The van der Waals surface area contributed by atoms with Gasteiger partial charge < -0.3 is 14.8 Å². The standard InChI is InChI=1S/C21H25N5OS.ClH/c1-3-15-4-6-16(7-5-15)21-24-17(14-28-21)12-19(27)26-11-8-22-13-18(26)20-23-9-10-25(20)2;/h4-7,9-10,14,18,22H,3,8,11-13H2,1-2H3;1H. The number of halogens is 1. The number of nitrogens with one attached hydrogen (secondary N) is 1. The van der Waals surface area contributed by atoms with Crippen molar-refractivity contribution in [2.75, 3.05) is 19.6 Å². The van der Waals surface area contributed by atoms with Crippen LogP contribution in [0, 0.1) is 0 Å². The molecule has 0 aliphatic carbocycles. The summed E-state index contributed by atoms with van der Waals surface area (Å²) in [5, 5.41) is 6.34. The van der Waals surface area contributed by atoms with E-state index in [-0.39, 0.29) is 24.4 Å². The van der Waals surface area contributed by atoms with E-state index < -0.39 is 0 Å². The Labute approximate surface area is 181 Å². The van der Waals surface area contributed by atoms with Crippen LogP contribution in [0.1, 0.15) is 30.0 Å². The third-order valence-corrected chi connectivity index (χ3v) is 6.15. The maximum absolute atomic E-state index is 13.0. The summed E-state index contributed by atoms with van der Waals surface area (Å²) in [5.74, 6) is 1.02. The molecule has 0 spiro atoms. The maximum atomic E-state index is 13.0. The Morgan fingerprint density at radius 2 is 2.10 bits per heavy atom. The first-order valence-electron chi connectivity index (χ1n) is 9.67. The highest BCUT2D eigenvalue weighted by atomic mass is 35.5. The molecule has 0 radical (unpaired) electrons. The van der Waals surface area contributed by atoms with Gasteiger partial charge in [-0.15, -0.1) is 23.7 Å². The van der Waals surface area contributed by atoms with E-state index in [1.165, 1.54) is 5.56 Å². The number of thiazole rings is 1. The van der Waals surface area contributed by atoms with Crippen LogP contribution in [0.5, 0.6) is 0 Å². The Kier molecular flexibility index (Phi) is 7.05. The fraction of sp³-hybridized carbons (Fsp3) is 0.381. The number of nitrogens with zero attached hydrogens (tertiary/aromatic N) is 4. The largest absolute Gasteiger partial charge is 0.336 e. The van der Waals surface area contributed by atoms with Crippen LogP contribution in [0.3, 0.4) is 0 Å². The first-order valence-corrected chi connectivity index (χ1v) is 10.5. The molecule has 3 heterocycles. The molecular weight excluding hydrogens is 406 g/mol. The first-order chi connectivity index (χ1) is 13.7. The molecule has 1 aliphatic heterocycles. The van der Waals surface area contributed by atoms with Gasteiger partial charge in [0.1, 0.15) is 16.9 Å². The number of piperazine rings is 1. The molecule has 29 heavy (non-hydrogen) atoms. The lowest BCUT2D eigenvalue weighted by Gasteiger charge is -2.35. The van der Waals surface area contributed by atoms with Crippen molar-refractivity contribution >= 4 is 29.7 Å². The molecule has 1 fully saturated rings. The van der Waals surface area contributed by atoms with E-state index in [1.807, 2.05) is 28.1 Å². The number of aryl methyl sites for hydroxylation is 2. The number of carbonyl (C=O) groups is 1. The number of imidazole rings is 1. The van der Waals surface area contributed by atoms with Crippen molar-refractivity contribution in [3.63, 3.8) is 0 Å². The average Bonchev–Trinajstić information content (AvgIpc) is 3.37. The minimum absolute atomic E-state index is 0. The smallest absolute Gasteiger partial charge is 0.229 e. The van der Waals surface area contributed by atoms with Crippen LogP contribution < -0.4 is 5.32 Å². The predicted octanol–water partition coefficient (Wildman–Crippen LogP) is 3.24. The van der Waals surface area contributed by atoms with Crippen LogP contribution in [0.4, 0.5) is 0 Å². The molecule has 2 aromatic heterocycles.